The van der Waals surface area contributed by atoms with Crippen molar-refractivity contribution in [1.82, 2.24) is 4.90 Å². The summed E-state index contributed by atoms with van der Waals surface area (Å²) in [6.07, 6.45) is 5.79. The van der Waals surface area contributed by atoms with Crippen molar-refractivity contribution in [2.75, 3.05) is 6.54 Å². The van der Waals surface area contributed by atoms with Crippen LogP contribution in [-0.2, 0) is 4.79 Å². The third-order valence-corrected chi connectivity index (χ3v) is 1.87. The topological polar surface area (TPSA) is 40.5 Å². The van der Waals surface area contributed by atoms with Gasteiger partial charge in [-0.05, 0) is 19.9 Å². The molecule has 0 radical (unpaired) electrons. The van der Waals surface area contributed by atoms with Crippen LogP contribution in [0.1, 0.15) is 13.8 Å². The first-order valence-electron chi connectivity index (χ1n) is 3.94. The fraction of sp³-hybridized carbons (Fsp3) is 0.444. The van der Waals surface area contributed by atoms with Gasteiger partial charge in [-0.15, -0.1) is 0 Å². The van der Waals surface area contributed by atoms with Crippen molar-refractivity contribution in [3.63, 3.8) is 0 Å². The average molecular weight is 167 g/mol. The molecule has 3 nitrogen and oxygen atoms in total. The summed E-state index contributed by atoms with van der Waals surface area (Å²) in [7, 11) is 0. The molecule has 0 aromatic carbocycles. The predicted octanol–water partition coefficient (Wildman–Crippen LogP) is 1.24. The molecule has 0 amide bonds. The molecule has 1 atom stereocenters. The van der Waals surface area contributed by atoms with Crippen LogP contribution < -0.4 is 0 Å². The van der Waals surface area contributed by atoms with Crippen molar-refractivity contribution in [3.8, 4) is 0 Å². The van der Waals surface area contributed by atoms with Gasteiger partial charge >= 0.3 is 5.97 Å². The minimum absolute atomic E-state index is 0.0709. The van der Waals surface area contributed by atoms with Crippen molar-refractivity contribution in [1.29, 1.82) is 0 Å². The summed E-state index contributed by atoms with van der Waals surface area (Å²) < 4.78 is 0. The lowest BCUT2D eigenvalue weighted by molar-refractivity contribution is -0.137. The number of hydrogen-bond acceptors (Lipinski definition) is 2. The number of rotatable bonds is 2. The number of carboxylic acids is 1. The highest BCUT2D eigenvalue weighted by Gasteiger charge is 2.13. The number of hydrogen-bond donors (Lipinski definition) is 1. The molecule has 0 spiro atoms. The zero-order valence-electron chi connectivity index (χ0n) is 7.32. The first-order valence-corrected chi connectivity index (χ1v) is 3.94. The molecule has 0 bridgehead atoms. The summed E-state index contributed by atoms with van der Waals surface area (Å²) in [5.74, 6) is -0.792. The maximum atomic E-state index is 10.4. The van der Waals surface area contributed by atoms with Crippen LogP contribution in [0.4, 0.5) is 0 Å². The van der Waals surface area contributed by atoms with Gasteiger partial charge in [0.15, 0.2) is 0 Å². The van der Waals surface area contributed by atoms with Crippen molar-refractivity contribution >= 4 is 5.97 Å². The van der Waals surface area contributed by atoms with Gasteiger partial charge < -0.3 is 10.0 Å². The van der Waals surface area contributed by atoms with Crippen molar-refractivity contribution in [2.24, 2.45) is 0 Å². The second kappa shape index (κ2) is 3.43. The minimum Gasteiger partial charge on any atom is -0.480 e. The molecule has 1 heterocycles. The minimum atomic E-state index is -0.792. The van der Waals surface area contributed by atoms with Crippen LogP contribution in [-0.4, -0.2) is 28.6 Å². The van der Waals surface area contributed by atoms with Crippen LogP contribution in [0.2, 0.25) is 0 Å². The molecule has 0 saturated carbocycles. The Morgan fingerprint density at radius 3 is 2.92 bits per heavy atom. The lowest BCUT2D eigenvalue weighted by Gasteiger charge is -2.26. The van der Waals surface area contributed by atoms with E-state index in [1.54, 1.807) is 4.90 Å². The Labute approximate surface area is 72.0 Å². The number of carbonyl (C=O) groups is 1. The standard InChI is InChI=1S/C9H13NO2/c1-7-3-4-10(6-9(11)12)8(2)5-7/h3-5,8H,6H2,1-2H3,(H,11,12). The molecule has 3 heteroatoms. The summed E-state index contributed by atoms with van der Waals surface area (Å²) in [4.78, 5) is 12.2. The van der Waals surface area contributed by atoms with Crippen LogP contribution in [0.5, 0.6) is 0 Å². The molecular weight excluding hydrogens is 154 g/mol. The van der Waals surface area contributed by atoms with E-state index in [1.165, 1.54) is 5.57 Å². The Balaban J connectivity index is 2.60. The highest BCUT2D eigenvalue weighted by molar-refractivity contribution is 5.69. The normalized spacial score (nSPS) is 22.3. The molecule has 1 aliphatic rings. The van der Waals surface area contributed by atoms with Gasteiger partial charge in [0.2, 0.25) is 0 Å². The summed E-state index contributed by atoms with van der Waals surface area (Å²) >= 11 is 0. The van der Waals surface area contributed by atoms with Crippen molar-refractivity contribution < 1.29 is 9.90 Å². The average Bonchev–Trinajstić information content (AvgIpc) is 1.94. The first kappa shape index (κ1) is 8.84. The first-order chi connectivity index (χ1) is 5.59. The van der Waals surface area contributed by atoms with E-state index in [9.17, 15) is 4.79 Å². The lowest BCUT2D eigenvalue weighted by atomic mass is 10.1. The van der Waals surface area contributed by atoms with Gasteiger partial charge in [0, 0.05) is 12.2 Å². The zero-order valence-corrected chi connectivity index (χ0v) is 7.32. The Hall–Kier alpha value is -1.25. The van der Waals surface area contributed by atoms with Crippen LogP contribution in [0.25, 0.3) is 0 Å². The summed E-state index contributed by atoms with van der Waals surface area (Å²) in [6.45, 7) is 4.06. The van der Waals surface area contributed by atoms with Crippen LogP contribution in [0.3, 0.4) is 0 Å². The molecule has 0 aromatic heterocycles. The van der Waals surface area contributed by atoms with Gasteiger partial charge in [-0.1, -0.05) is 11.6 Å². The Bertz CT molecular complexity index is 243. The van der Waals surface area contributed by atoms with Crippen molar-refractivity contribution in [3.05, 3.63) is 23.9 Å². The van der Waals surface area contributed by atoms with Gasteiger partial charge in [-0.3, -0.25) is 4.79 Å². The number of allylic oxidation sites excluding steroid dienone is 2. The van der Waals surface area contributed by atoms with Crippen LogP contribution >= 0.6 is 0 Å². The van der Waals surface area contributed by atoms with E-state index in [-0.39, 0.29) is 12.6 Å². The quantitative estimate of drug-likeness (QED) is 0.672. The molecule has 12 heavy (non-hydrogen) atoms. The zero-order chi connectivity index (χ0) is 9.14. The van der Waals surface area contributed by atoms with Crippen molar-refractivity contribution in [2.45, 2.75) is 19.9 Å². The second-order valence-corrected chi connectivity index (χ2v) is 3.03. The fourth-order valence-corrected chi connectivity index (χ4v) is 1.23. The van der Waals surface area contributed by atoms with Crippen LogP contribution in [0.15, 0.2) is 23.9 Å². The molecule has 1 N–H and O–H groups in total. The highest BCUT2D eigenvalue weighted by atomic mass is 16.4. The predicted molar refractivity (Wildman–Crippen MR) is 46.7 cm³/mol. The molecular formula is C9H13NO2. The third kappa shape index (κ3) is 2.12. The summed E-state index contributed by atoms with van der Waals surface area (Å²) in [5, 5.41) is 8.55. The van der Waals surface area contributed by atoms with E-state index >= 15 is 0 Å². The smallest absolute Gasteiger partial charge is 0.323 e. The molecule has 0 aromatic rings. The molecule has 0 saturated heterocycles. The number of nitrogens with zero attached hydrogens (tertiary/aromatic N) is 1. The van der Waals surface area contributed by atoms with E-state index in [0.29, 0.717) is 0 Å². The van der Waals surface area contributed by atoms with E-state index in [0.717, 1.165) is 0 Å². The largest absolute Gasteiger partial charge is 0.480 e. The molecule has 1 aliphatic heterocycles. The van der Waals surface area contributed by atoms with E-state index in [4.69, 9.17) is 5.11 Å². The van der Waals surface area contributed by atoms with Gasteiger partial charge in [0.1, 0.15) is 6.54 Å². The number of aliphatic carboxylic acids is 1. The maximum Gasteiger partial charge on any atom is 0.323 e. The Morgan fingerprint density at radius 1 is 1.75 bits per heavy atom. The molecule has 0 fully saturated rings. The van der Waals surface area contributed by atoms with Gasteiger partial charge in [0.25, 0.3) is 0 Å². The van der Waals surface area contributed by atoms with E-state index in [2.05, 4.69) is 0 Å². The Kier molecular flexibility index (Phi) is 2.53. The third-order valence-electron chi connectivity index (χ3n) is 1.87. The lowest BCUT2D eigenvalue weighted by Crippen LogP contribution is -2.33. The summed E-state index contributed by atoms with van der Waals surface area (Å²) in [6, 6.07) is 0.186. The fourth-order valence-electron chi connectivity index (χ4n) is 1.23. The van der Waals surface area contributed by atoms with Gasteiger partial charge in [-0.2, -0.15) is 0 Å². The van der Waals surface area contributed by atoms with Gasteiger partial charge in [0.05, 0.1) is 0 Å². The molecule has 1 unspecified atom stereocenters. The molecule has 1 rings (SSSR count). The van der Waals surface area contributed by atoms with E-state index < -0.39 is 5.97 Å². The second-order valence-electron chi connectivity index (χ2n) is 3.03. The summed E-state index contributed by atoms with van der Waals surface area (Å²) in [5.41, 5.74) is 1.18. The highest BCUT2D eigenvalue weighted by Crippen LogP contribution is 2.11. The van der Waals surface area contributed by atoms with E-state index in [1.807, 2.05) is 32.2 Å². The monoisotopic (exact) mass is 167 g/mol. The molecule has 0 aliphatic carbocycles. The Morgan fingerprint density at radius 2 is 2.42 bits per heavy atom. The van der Waals surface area contributed by atoms with Gasteiger partial charge in [-0.25, -0.2) is 0 Å². The molecule has 66 valence electrons. The maximum absolute atomic E-state index is 10.4. The SMILES string of the molecule is CC1=CC(C)N(CC(=O)O)C=C1. The van der Waals surface area contributed by atoms with Crippen LogP contribution in [0, 0.1) is 0 Å². The number of carboxylic acid groups (broad SMARTS) is 1.